The molecule has 28 heavy (non-hydrogen) atoms. The van der Waals surface area contributed by atoms with Gasteiger partial charge in [-0.3, -0.25) is 0 Å². The SMILES string of the molecule is O=S(=O)(NCCCNc1nsc2ccccc12)c1cccc(OC(F)(F)F)c1. The van der Waals surface area contributed by atoms with Gasteiger partial charge in [0.25, 0.3) is 0 Å². The molecule has 0 aliphatic heterocycles. The Bertz CT molecular complexity index is 1050. The number of nitrogens with zero attached hydrogens (tertiary/aromatic N) is 1. The summed E-state index contributed by atoms with van der Waals surface area (Å²) in [5.41, 5.74) is 0. The van der Waals surface area contributed by atoms with E-state index in [0.29, 0.717) is 13.0 Å². The fourth-order valence-corrected chi connectivity index (χ4v) is 4.30. The van der Waals surface area contributed by atoms with Gasteiger partial charge in [0.2, 0.25) is 10.0 Å². The van der Waals surface area contributed by atoms with E-state index in [2.05, 4.69) is 19.1 Å². The van der Waals surface area contributed by atoms with Crippen molar-refractivity contribution in [1.29, 1.82) is 0 Å². The fraction of sp³-hybridized carbons (Fsp3) is 0.235. The fourth-order valence-electron chi connectivity index (χ4n) is 2.44. The molecule has 0 saturated carbocycles. The highest BCUT2D eigenvalue weighted by molar-refractivity contribution is 7.89. The van der Waals surface area contributed by atoms with Crippen molar-refractivity contribution < 1.29 is 26.3 Å². The van der Waals surface area contributed by atoms with Gasteiger partial charge in [0, 0.05) is 24.5 Å². The summed E-state index contributed by atoms with van der Waals surface area (Å²) in [6.07, 6.45) is -4.43. The average Bonchev–Trinajstić information content (AvgIpc) is 3.03. The van der Waals surface area contributed by atoms with E-state index in [1.54, 1.807) is 0 Å². The summed E-state index contributed by atoms with van der Waals surface area (Å²) in [7, 11) is -3.95. The maximum absolute atomic E-state index is 12.3. The Morgan fingerprint density at radius 2 is 1.86 bits per heavy atom. The molecule has 0 aliphatic carbocycles. The molecule has 0 spiro atoms. The lowest BCUT2D eigenvalue weighted by atomic mass is 10.2. The summed E-state index contributed by atoms with van der Waals surface area (Å²) in [4.78, 5) is -0.298. The molecule has 11 heteroatoms. The van der Waals surface area contributed by atoms with Gasteiger partial charge < -0.3 is 10.1 Å². The quantitative estimate of drug-likeness (QED) is 0.528. The van der Waals surface area contributed by atoms with Crippen LogP contribution in [-0.2, 0) is 10.0 Å². The largest absolute Gasteiger partial charge is 0.573 e. The van der Waals surface area contributed by atoms with Crippen molar-refractivity contribution in [1.82, 2.24) is 9.10 Å². The molecular formula is C17H16F3N3O3S2. The zero-order chi connectivity index (χ0) is 20.2. The molecule has 0 atom stereocenters. The van der Waals surface area contributed by atoms with E-state index in [-0.39, 0.29) is 11.4 Å². The lowest BCUT2D eigenvalue weighted by molar-refractivity contribution is -0.274. The van der Waals surface area contributed by atoms with Gasteiger partial charge in [0.05, 0.1) is 9.60 Å². The molecule has 2 aromatic carbocycles. The molecule has 0 radical (unpaired) electrons. The van der Waals surface area contributed by atoms with Gasteiger partial charge in [0.1, 0.15) is 11.6 Å². The molecule has 3 rings (SSSR count). The van der Waals surface area contributed by atoms with Crippen molar-refractivity contribution in [3.05, 3.63) is 48.5 Å². The van der Waals surface area contributed by atoms with Crippen LogP contribution in [0.15, 0.2) is 53.4 Å². The number of rotatable bonds is 8. The van der Waals surface area contributed by atoms with E-state index >= 15 is 0 Å². The van der Waals surface area contributed by atoms with Crippen LogP contribution in [0.25, 0.3) is 10.1 Å². The van der Waals surface area contributed by atoms with Gasteiger partial charge in [-0.15, -0.1) is 13.2 Å². The second-order valence-corrected chi connectivity index (χ2v) is 8.30. The number of hydrogen-bond acceptors (Lipinski definition) is 6. The van der Waals surface area contributed by atoms with Crippen LogP contribution in [0.5, 0.6) is 5.75 Å². The minimum Gasteiger partial charge on any atom is -0.406 e. The number of halogens is 3. The Kier molecular flexibility index (Phi) is 6.06. The second kappa shape index (κ2) is 8.33. The summed E-state index contributed by atoms with van der Waals surface area (Å²) in [6, 6.07) is 12.0. The van der Waals surface area contributed by atoms with Crippen LogP contribution in [0.2, 0.25) is 0 Å². The van der Waals surface area contributed by atoms with Gasteiger partial charge in [-0.1, -0.05) is 18.2 Å². The number of fused-ring (bicyclic) bond motifs is 1. The molecule has 3 aromatic rings. The van der Waals surface area contributed by atoms with Gasteiger partial charge in [-0.2, -0.15) is 4.37 Å². The lowest BCUT2D eigenvalue weighted by Crippen LogP contribution is -2.26. The molecule has 150 valence electrons. The first kappa shape index (κ1) is 20.4. The van der Waals surface area contributed by atoms with E-state index in [1.807, 2.05) is 24.3 Å². The van der Waals surface area contributed by atoms with E-state index < -0.39 is 22.1 Å². The molecule has 1 heterocycles. The molecule has 2 N–H and O–H groups in total. The molecule has 6 nitrogen and oxygen atoms in total. The third-order valence-corrected chi connectivity index (χ3v) is 5.95. The maximum Gasteiger partial charge on any atom is 0.573 e. The predicted octanol–water partition coefficient (Wildman–Crippen LogP) is 3.98. The third kappa shape index (κ3) is 5.33. The molecule has 0 bridgehead atoms. The normalized spacial score (nSPS) is 12.2. The number of hydrogen-bond donors (Lipinski definition) is 2. The summed E-state index contributed by atoms with van der Waals surface area (Å²) in [5, 5.41) is 4.14. The zero-order valence-corrected chi connectivity index (χ0v) is 16.0. The van der Waals surface area contributed by atoms with Crippen molar-refractivity contribution in [3.8, 4) is 5.75 Å². The van der Waals surface area contributed by atoms with Gasteiger partial charge in [0.15, 0.2) is 0 Å². The molecule has 0 unspecified atom stereocenters. The number of nitrogens with one attached hydrogen (secondary N) is 2. The first-order valence-electron chi connectivity index (χ1n) is 8.18. The third-order valence-electron chi connectivity index (χ3n) is 3.66. The van der Waals surface area contributed by atoms with Crippen LogP contribution in [0.1, 0.15) is 6.42 Å². The van der Waals surface area contributed by atoms with Crippen molar-refractivity contribution in [2.45, 2.75) is 17.7 Å². The molecule has 0 amide bonds. The summed E-state index contributed by atoms with van der Waals surface area (Å²) >= 11 is 1.37. The highest BCUT2D eigenvalue weighted by atomic mass is 32.2. The topological polar surface area (TPSA) is 80.3 Å². The number of ether oxygens (including phenoxy) is 1. The van der Waals surface area contributed by atoms with Gasteiger partial charge >= 0.3 is 6.36 Å². The van der Waals surface area contributed by atoms with Gasteiger partial charge in [-0.25, -0.2) is 13.1 Å². The van der Waals surface area contributed by atoms with Crippen molar-refractivity contribution in [2.75, 3.05) is 18.4 Å². The molecule has 0 saturated heterocycles. The Morgan fingerprint density at radius 1 is 1.07 bits per heavy atom. The predicted molar refractivity (Wildman–Crippen MR) is 101 cm³/mol. The van der Waals surface area contributed by atoms with Crippen LogP contribution in [0, 0.1) is 0 Å². The van der Waals surface area contributed by atoms with Crippen molar-refractivity contribution in [2.24, 2.45) is 0 Å². The van der Waals surface area contributed by atoms with E-state index in [0.717, 1.165) is 28.0 Å². The lowest BCUT2D eigenvalue weighted by Gasteiger charge is -2.11. The summed E-state index contributed by atoms with van der Waals surface area (Å²) < 4.78 is 72.8. The van der Waals surface area contributed by atoms with E-state index in [1.165, 1.54) is 23.7 Å². The first-order chi connectivity index (χ1) is 13.2. The summed E-state index contributed by atoms with van der Waals surface area (Å²) in [5.74, 6) is 0.146. The van der Waals surface area contributed by atoms with E-state index in [9.17, 15) is 21.6 Å². The Hall–Kier alpha value is -2.37. The van der Waals surface area contributed by atoms with Crippen molar-refractivity contribution >= 4 is 37.5 Å². The number of aromatic nitrogens is 1. The highest BCUT2D eigenvalue weighted by Crippen LogP contribution is 2.26. The monoisotopic (exact) mass is 431 g/mol. The van der Waals surface area contributed by atoms with Crippen LogP contribution < -0.4 is 14.8 Å². The minimum atomic E-state index is -4.89. The number of benzene rings is 2. The van der Waals surface area contributed by atoms with E-state index in [4.69, 9.17) is 0 Å². The Balaban J connectivity index is 1.52. The van der Waals surface area contributed by atoms with Crippen LogP contribution in [0.3, 0.4) is 0 Å². The van der Waals surface area contributed by atoms with Gasteiger partial charge in [-0.05, 0) is 42.2 Å². The highest BCUT2D eigenvalue weighted by Gasteiger charge is 2.31. The van der Waals surface area contributed by atoms with Crippen molar-refractivity contribution in [3.63, 3.8) is 0 Å². The standard InChI is InChI=1S/C17H16F3N3O3S2/c18-17(19,20)26-12-5-3-6-13(11-12)28(24,25)22-10-4-9-21-16-14-7-1-2-8-15(14)27-23-16/h1-3,5-8,11,22H,4,9-10H2,(H,21,23). The molecule has 0 fully saturated rings. The zero-order valence-electron chi connectivity index (χ0n) is 14.4. The van der Waals surface area contributed by atoms with Crippen LogP contribution in [-0.4, -0.2) is 32.2 Å². The number of anilines is 1. The Morgan fingerprint density at radius 3 is 2.64 bits per heavy atom. The second-order valence-electron chi connectivity index (χ2n) is 5.73. The molecule has 1 aromatic heterocycles. The molecule has 0 aliphatic rings. The maximum atomic E-state index is 12.3. The average molecular weight is 431 g/mol. The Labute approximate surface area is 163 Å². The smallest absolute Gasteiger partial charge is 0.406 e. The molecular weight excluding hydrogens is 415 g/mol. The number of alkyl halides is 3. The van der Waals surface area contributed by atoms with Crippen LogP contribution in [0.4, 0.5) is 19.0 Å². The minimum absolute atomic E-state index is 0.113. The van der Waals surface area contributed by atoms with Crippen LogP contribution >= 0.6 is 11.5 Å². The summed E-state index contributed by atoms with van der Waals surface area (Å²) in [6.45, 7) is 0.592. The first-order valence-corrected chi connectivity index (χ1v) is 10.4. The number of sulfonamides is 1.